The van der Waals surface area contributed by atoms with Crippen molar-refractivity contribution in [1.29, 1.82) is 0 Å². The van der Waals surface area contributed by atoms with Gasteiger partial charge in [0.1, 0.15) is 5.82 Å². The van der Waals surface area contributed by atoms with E-state index in [0.717, 1.165) is 5.82 Å². The number of nitrogens with one attached hydrogen (secondary N) is 2. The van der Waals surface area contributed by atoms with Crippen molar-refractivity contribution in [2.75, 3.05) is 13.6 Å². The molecule has 0 saturated heterocycles. The standard InChI is InChI=1S/C20H22N4O3S/c1-21-28(26,27)18-9-5-8-17(14-18)20(25)23-11-10-19-22-12-13-24(19)15-16-6-3-2-4-7-16/h2-9,12-14,21H,10-11,15H2,1H3,(H,23,25). The molecule has 0 spiro atoms. The molecule has 8 heteroatoms. The van der Waals surface area contributed by atoms with E-state index in [-0.39, 0.29) is 10.8 Å². The first kappa shape index (κ1) is 19.8. The van der Waals surface area contributed by atoms with E-state index in [2.05, 4.69) is 27.2 Å². The second-order valence-corrected chi connectivity index (χ2v) is 8.08. The van der Waals surface area contributed by atoms with Crippen LogP contribution in [0.2, 0.25) is 0 Å². The molecule has 0 radical (unpaired) electrons. The second kappa shape index (κ2) is 8.81. The average Bonchev–Trinajstić information content (AvgIpc) is 3.15. The molecule has 3 aromatic rings. The quantitative estimate of drug-likeness (QED) is 0.605. The van der Waals surface area contributed by atoms with Gasteiger partial charge >= 0.3 is 0 Å². The monoisotopic (exact) mass is 398 g/mol. The van der Waals surface area contributed by atoms with E-state index in [0.29, 0.717) is 25.1 Å². The van der Waals surface area contributed by atoms with Gasteiger partial charge in [-0.3, -0.25) is 4.79 Å². The number of imidazole rings is 1. The van der Waals surface area contributed by atoms with Gasteiger partial charge in [-0.2, -0.15) is 0 Å². The van der Waals surface area contributed by atoms with Gasteiger partial charge in [-0.05, 0) is 30.8 Å². The van der Waals surface area contributed by atoms with Crippen molar-refractivity contribution in [1.82, 2.24) is 19.6 Å². The Bertz CT molecular complexity index is 1050. The molecule has 1 heterocycles. The van der Waals surface area contributed by atoms with Gasteiger partial charge in [0.25, 0.3) is 5.91 Å². The van der Waals surface area contributed by atoms with Gasteiger partial charge in [0.05, 0.1) is 4.90 Å². The van der Waals surface area contributed by atoms with E-state index in [1.54, 1.807) is 18.3 Å². The highest BCUT2D eigenvalue weighted by Gasteiger charge is 2.14. The predicted molar refractivity (Wildman–Crippen MR) is 106 cm³/mol. The van der Waals surface area contributed by atoms with Crippen LogP contribution in [-0.4, -0.2) is 37.5 Å². The topological polar surface area (TPSA) is 93.1 Å². The maximum atomic E-state index is 12.4. The maximum Gasteiger partial charge on any atom is 0.251 e. The summed E-state index contributed by atoms with van der Waals surface area (Å²) in [6.07, 6.45) is 4.22. The fourth-order valence-corrected chi connectivity index (χ4v) is 3.58. The van der Waals surface area contributed by atoms with E-state index in [1.165, 1.54) is 24.7 Å². The molecule has 0 aliphatic rings. The minimum absolute atomic E-state index is 0.0565. The second-order valence-electron chi connectivity index (χ2n) is 6.20. The first-order valence-electron chi connectivity index (χ1n) is 8.85. The van der Waals surface area contributed by atoms with Crippen LogP contribution in [0, 0.1) is 0 Å². The summed E-state index contributed by atoms with van der Waals surface area (Å²) in [5, 5.41) is 2.82. The number of carbonyl (C=O) groups is 1. The Morgan fingerprint density at radius 2 is 1.89 bits per heavy atom. The lowest BCUT2D eigenvalue weighted by molar-refractivity contribution is 0.0953. The van der Waals surface area contributed by atoms with Crippen molar-refractivity contribution in [3.8, 4) is 0 Å². The zero-order valence-corrected chi connectivity index (χ0v) is 16.3. The first-order valence-corrected chi connectivity index (χ1v) is 10.3. The lowest BCUT2D eigenvalue weighted by Crippen LogP contribution is -2.27. The van der Waals surface area contributed by atoms with Crippen LogP contribution in [0.4, 0.5) is 0 Å². The molecule has 0 aliphatic heterocycles. The van der Waals surface area contributed by atoms with Crippen LogP contribution >= 0.6 is 0 Å². The summed E-state index contributed by atoms with van der Waals surface area (Å²) < 4.78 is 28.0. The average molecular weight is 398 g/mol. The SMILES string of the molecule is CNS(=O)(=O)c1cccc(C(=O)NCCc2nccn2Cc2ccccc2)c1. The third kappa shape index (κ3) is 4.85. The molecule has 2 aromatic carbocycles. The minimum Gasteiger partial charge on any atom is -0.352 e. The molecule has 3 rings (SSSR count). The molecule has 0 atom stereocenters. The Hall–Kier alpha value is -2.97. The summed E-state index contributed by atoms with van der Waals surface area (Å²) in [6, 6.07) is 16.0. The fourth-order valence-electron chi connectivity index (χ4n) is 2.80. The van der Waals surface area contributed by atoms with Crippen LogP contribution in [0.1, 0.15) is 21.7 Å². The number of rotatable bonds is 8. The van der Waals surface area contributed by atoms with E-state index >= 15 is 0 Å². The highest BCUT2D eigenvalue weighted by molar-refractivity contribution is 7.89. The molecular formula is C20H22N4O3S. The van der Waals surface area contributed by atoms with Gasteiger partial charge in [0.15, 0.2) is 0 Å². The van der Waals surface area contributed by atoms with Crippen molar-refractivity contribution in [3.63, 3.8) is 0 Å². The summed E-state index contributed by atoms with van der Waals surface area (Å²) in [6.45, 7) is 1.11. The molecule has 0 bridgehead atoms. The molecule has 7 nitrogen and oxygen atoms in total. The largest absolute Gasteiger partial charge is 0.352 e. The summed E-state index contributed by atoms with van der Waals surface area (Å²) in [4.78, 5) is 16.8. The molecule has 28 heavy (non-hydrogen) atoms. The van der Waals surface area contributed by atoms with Crippen LogP contribution in [0.5, 0.6) is 0 Å². The normalized spacial score (nSPS) is 11.3. The van der Waals surface area contributed by atoms with Crippen molar-refractivity contribution in [2.45, 2.75) is 17.9 Å². The summed E-state index contributed by atoms with van der Waals surface area (Å²) in [7, 11) is -2.26. The molecule has 1 aromatic heterocycles. The number of carbonyl (C=O) groups excluding carboxylic acids is 1. The number of hydrogen-bond donors (Lipinski definition) is 2. The van der Waals surface area contributed by atoms with Crippen LogP contribution < -0.4 is 10.0 Å². The van der Waals surface area contributed by atoms with E-state index < -0.39 is 10.0 Å². The number of amides is 1. The summed E-state index contributed by atoms with van der Waals surface area (Å²) in [5.41, 5.74) is 1.47. The highest BCUT2D eigenvalue weighted by Crippen LogP contribution is 2.11. The lowest BCUT2D eigenvalue weighted by atomic mass is 10.2. The van der Waals surface area contributed by atoms with Crippen molar-refractivity contribution in [3.05, 3.63) is 83.9 Å². The van der Waals surface area contributed by atoms with Crippen molar-refractivity contribution < 1.29 is 13.2 Å². The van der Waals surface area contributed by atoms with Gasteiger partial charge in [0.2, 0.25) is 10.0 Å². The number of aromatic nitrogens is 2. The van der Waals surface area contributed by atoms with Crippen LogP contribution in [0.3, 0.4) is 0 Å². The molecule has 0 unspecified atom stereocenters. The molecule has 0 saturated carbocycles. The van der Waals surface area contributed by atoms with Gasteiger partial charge in [-0.1, -0.05) is 36.4 Å². The Morgan fingerprint density at radius 1 is 1.11 bits per heavy atom. The fraction of sp³-hybridized carbons (Fsp3) is 0.200. The first-order chi connectivity index (χ1) is 13.5. The smallest absolute Gasteiger partial charge is 0.251 e. The summed E-state index contributed by atoms with van der Waals surface area (Å²) in [5.74, 6) is 0.546. The number of sulfonamides is 1. The van der Waals surface area contributed by atoms with Gasteiger partial charge in [-0.25, -0.2) is 18.1 Å². The number of benzene rings is 2. The van der Waals surface area contributed by atoms with Gasteiger partial charge in [-0.15, -0.1) is 0 Å². The van der Waals surface area contributed by atoms with Crippen molar-refractivity contribution >= 4 is 15.9 Å². The van der Waals surface area contributed by atoms with Crippen LogP contribution in [0.25, 0.3) is 0 Å². The molecular weight excluding hydrogens is 376 g/mol. The van der Waals surface area contributed by atoms with E-state index in [9.17, 15) is 13.2 Å². The van der Waals surface area contributed by atoms with Crippen LogP contribution in [0.15, 0.2) is 71.9 Å². The third-order valence-corrected chi connectivity index (χ3v) is 5.72. The highest BCUT2D eigenvalue weighted by atomic mass is 32.2. The zero-order chi connectivity index (χ0) is 20.0. The minimum atomic E-state index is -3.59. The Kier molecular flexibility index (Phi) is 6.23. The molecule has 0 aliphatic carbocycles. The Balaban J connectivity index is 1.60. The Morgan fingerprint density at radius 3 is 2.64 bits per heavy atom. The zero-order valence-electron chi connectivity index (χ0n) is 15.5. The van der Waals surface area contributed by atoms with E-state index in [4.69, 9.17) is 0 Å². The van der Waals surface area contributed by atoms with Gasteiger partial charge in [0, 0.05) is 37.5 Å². The van der Waals surface area contributed by atoms with Crippen molar-refractivity contribution in [2.24, 2.45) is 0 Å². The number of hydrogen-bond acceptors (Lipinski definition) is 4. The molecule has 2 N–H and O–H groups in total. The molecule has 1 amide bonds. The van der Waals surface area contributed by atoms with Crippen LogP contribution in [-0.2, 0) is 23.0 Å². The maximum absolute atomic E-state index is 12.4. The molecule has 146 valence electrons. The predicted octanol–water partition coefficient (Wildman–Crippen LogP) is 1.81. The van der Waals surface area contributed by atoms with E-state index in [1.807, 2.05) is 29.0 Å². The lowest BCUT2D eigenvalue weighted by Gasteiger charge is -2.10. The third-order valence-electron chi connectivity index (χ3n) is 4.31. The number of nitrogens with zero attached hydrogens (tertiary/aromatic N) is 2. The van der Waals surface area contributed by atoms with Gasteiger partial charge < -0.3 is 9.88 Å². The molecule has 0 fully saturated rings. The summed E-state index contributed by atoms with van der Waals surface area (Å²) >= 11 is 0. The Labute approximate surface area is 164 Å².